The Hall–Kier alpha value is -0.950. The van der Waals surface area contributed by atoms with Gasteiger partial charge in [-0.3, -0.25) is 14.7 Å². The summed E-state index contributed by atoms with van der Waals surface area (Å²) in [7, 11) is 0. The second kappa shape index (κ2) is 14.1. The molecule has 2 rings (SSSR count). The minimum Gasteiger partial charge on any atom is -0.387 e. The molecule has 10 heteroatoms. The fourth-order valence-corrected chi connectivity index (χ4v) is 3.51. The van der Waals surface area contributed by atoms with Gasteiger partial charge in [0.15, 0.2) is 5.96 Å². The van der Waals surface area contributed by atoms with Crippen LogP contribution in [0.25, 0.3) is 0 Å². The van der Waals surface area contributed by atoms with Crippen molar-refractivity contribution in [2.75, 3.05) is 59.0 Å². The molecule has 1 aromatic rings. The Balaban J connectivity index is 0.00000420. The predicted molar refractivity (Wildman–Crippen MR) is 129 cm³/mol. The smallest absolute Gasteiger partial charge is 0.261 e. The molecule has 1 saturated heterocycles. The van der Waals surface area contributed by atoms with E-state index in [0.29, 0.717) is 45.4 Å². The normalized spacial score (nSPS) is 17.1. The molecule has 1 aliphatic rings. The number of guanidine groups is 1. The molecule has 0 aromatic carbocycles. The minimum absolute atomic E-state index is 0. The van der Waals surface area contributed by atoms with Crippen LogP contribution in [-0.4, -0.2) is 86.5 Å². The first kappa shape index (κ1) is 26.1. The highest BCUT2D eigenvalue weighted by Gasteiger charge is 2.25. The van der Waals surface area contributed by atoms with Crippen molar-refractivity contribution in [3.63, 3.8) is 0 Å². The summed E-state index contributed by atoms with van der Waals surface area (Å²) in [5.41, 5.74) is -0.894. The second-order valence-corrected chi connectivity index (χ2v) is 8.04. The Bertz CT molecular complexity index is 607. The number of aliphatic hydroxyl groups is 1. The van der Waals surface area contributed by atoms with Crippen molar-refractivity contribution in [3.05, 3.63) is 22.4 Å². The van der Waals surface area contributed by atoms with Crippen LogP contribution in [0.3, 0.4) is 0 Å². The predicted octanol–water partition coefficient (Wildman–Crippen LogP) is 1.12. The van der Waals surface area contributed by atoms with E-state index >= 15 is 0 Å². The van der Waals surface area contributed by atoms with Gasteiger partial charge in [0.25, 0.3) is 5.91 Å². The molecule has 0 bridgehead atoms. The van der Waals surface area contributed by atoms with Crippen LogP contribution in [-0.2, 0) is 4.74 Å². The molecule has 1 aromatic heterocycles. The van der Waals surface area contributed by atoms with Crippen LogP contribution in [0.4, 0.5) is 0 Å². The van der Waals surface area contributed by atoms with Crippen molar-refractivity contribution in [1.29, 1.82) is 0 Å². The van der Waals surface area contributed by atoms with Gasteiger partial charge >= 0.3 is 0 Å². The molecule has 0 spiro atoms. The van der Waals surface area contributed by atoms with Gasteiger partial charge in [-0.25, -0.2) is 0 Å². The van der Waals surface area contributed by atoms with E-state index in [1.807, 2.05) is 31.4 Å². The molecule has 1 amide bonds. The summed E-state index contributed by atoms with van der Waals surface area (Å²) in [6.07, 6.45) is 0.783. The van der Waals surface area contributed by atoms with Gasteiger partial charge in [-0.1, -0.05) is 6.07 Å². The van der Waals surface area contributed by atoms with Gasteiger partial charge in [-0.2, -0.15) is 0 Å². The van der Waals surface area contributed by atoms with Crippen LogP contribution in [0.2, 0.25) is 0 Å². The molecule has 1 atom stereocenters. The average Bonchev–Trinajstić information content (AvgIpc) is 3.21. The van der Waals surface area contributed by atoms with E-state index in [0.717, 1.165) is 30.9 Å². The molecule has 1 fully saturated rings. The molecule has 29 heavy (non-hydrogen) atoms. The zero-order valence-electron chi connectivity index (χ0n) is 17.3. The number of rotatable bonds is 10. The number of carbonyl (C=O) groups is 1. The molecule has 166 valence electrons. The number of halogens is 1. The number of amides is 1. The number of aliphatic imine (C=N–C) groups is 1. The average molecular weight is 539 g/mol. The SMILES string of the molecule is CCNC(=NCC(C)(O)CN1CCOCC1)NCCCNC(=O)c1cccs1.I. The zero-order valence-corrected chi connectivity index (χ0v) is 20.4. The largest absolute Gasteiger partial charge is 0.387 e. The number of nitrogens with zero attached hydrogens (tertiary/aromatic N) is 2. The number of carbonyl (C=O) groups excluding carboxylic acids is 1. The molecule has 0 aliphatic carbocycles. The molecule has 8 nitrogen and oxygen atoms in total. The van der Waals surface area contributed by atoms with Crippen molar-refractivity contribution in [2.24, 2.45) is 4.99 Å². The molecular formula is C19H34IN5O3S. The Morgan fingerprint density at radius 2 is 2.03 bits per heavy atom. The number of morpholine rings is 1. The highest BCUT2D eigenvalue weighted by Crippen LogP contribution is 2.09. The topological polar surface area (TPSA) is 98.2 Å². The van der Waals surface area contributed by atoms with Gasteiger partial charge in [-0.15, -0.1) is 35.3 Å². The van der Waals surface area contributed by atoms with Crippen molar-refractivity contribution in [2.45, 2.75) is 25.9 Å². The monoisotopic (exact) mass is 539 g/mol. The van der Waals surface area contributed by atoms with Crippen LogP contribution in [0.15, 0.2) is 22.5 Å². The van der Waals surface area contributed by atoms with Gasteiger partial charge in [0.1, 0.15) is 0 Å². The number of β-amino-alcohol motifs (C(OH)–C–C–N with tert-alkyl or cyclic N) is 1. The van der Waals surface area contributed by atoms with E-state index in [2.05, 4.69) is 25.8 Å². The lowest BCUT2D eigenvalue weighted by atomic mass is 10.1. The number of nitrogens with one attached hydrogen (secondary N) is 3. The Labute approximate surface area is 194 Å². The van der Waals surface area contributed by atoms with E-state index in [4.69, 9.17) is 4.74 Å². The van der Waals surface area contributed by atoms with Crippen LogP contribution in [0.1, 0.15) is 29.9 Å². The Kier molecular flexibility index (Phi) is 12.7. The van der Waals surface area contributed by atoms with Gasteiger partial charge in [0.2, 0.25) is 0 Å². The molecule has 1 aliphatic heterocycles. The zero-order chi connectivity index (χ0) is 20.2. The quantitative estimate of drug-likeness (QED) is 0.154. The summed E-state index contributed by atoms with van der Waals surface area (Å²) in [5, 5.41) is 21.9. The third-order valence-corrected chi connectivity index (χ3v) is 5.14. The number of hydrogen-bond acceptors (Lipinski definition) is 6. The lowest BCUT2D eigenvalue weighted by Gasteiger charge is -2.33. The first-order chi connectivity index (χ1) is 13.5. The second-order valence-electron chi connectivity index (χ2n) is 7.09. The first-order valence-corrected chi connectivity index (χ1v) is 10.7. The maximum atomic E-state index is 11.9. The van der Waals surface area contributed by atoms with Crippen LogP contribution >= 0.6 is 35.3 Å². The fraction of sp³-hybridized carbons (Fsp3) is 0.684. The Morgan fingerprint density at radius 3 is 2.69 bits per heavy atom. The minimum atomic E-state index is -0.894. The molecule has 4 N–H and O–H groups in total. The molecular weight excluding hydrogens is 505 g/mol. The van der Waals surface area contributed by atoms with E-state index in [-0.39, 0.29) is 29.9 Å². The number of thiophene rings is 1. The molecule has 2 heterocycles. The number of ether oxygens (including phenoxy) is 1. The van der Waals surface area contributed by atoms with Gasteiger partial charge < -0.3 is 25.8 Å². The van der Waals surface area contributed by atoms with E-state index in [1.54, 1.807) is 0 Å². The lowest BCUT2D eigenvalue weighted by molar-refractivity contribution is -0.0180. The summed E-state index contributed by atoms with van der Waals surface area (Å²) < 4.78 is 5.35. The van der Waals surface area contributed by atoms with Crippen LogP contribution < -0.4 is 16.0 Å². The maximum absolute atomic E-state index is 11.9. The summed E-state index contributed by atoms with van der Waals surface area (Å²) in [4.78, 5) is 19.3. The van der Waals surface area contributed by atoms with Gasteiger partial charge in [-0.05, 0) is 31.7 Å². The summed E-state index contributed by atoms with van der Waals surface area (Å²) in [5.74, 6) is 0.643. The fourth-order valence-electron chi connectivity index (χ4n) is 2.87. The first-order valence-electron chi connectivity index (χ1n) is 9.86. The Morgan fingerprint density at radius 1 is 1.31 bits per heavy atom. The molecule has 1 unspecified atom stereocenters. The standard InChI is InChI=1S/C19H33N5O3S.HI/c1-3-20-18(22-8-5-7-21-17(25)16-6-4-13-28-16)23-14-19(2,26)15-24-9-11-27-12-10-24;/h4,6,13,26H,3,5,7-12,14-15H2,1-2H3,(H,21,25)(H2,20,22,23);1H. The van der Waals surface area contributed by atoms with Crippen molar-refractivity contribution < 1.29 is 14.6 Å². The number of hydrogen-bond donors (Lipinski definition) is 4. The van der Waals surface area contributed by atoms with Gasteiger partial charge in [0.05, 0.1) is 30.2 Å². The third kappa shape index (κ3) is 10.6. The summed E-state index contributed by atoms with van der Waals surface area (Å²) in [6, 6.07) is 3.69. The van der Waals surface area contributed by atoms with Crippen LogP contribution in [0.5, 0.6) is 0 Å². The van der Waals surface area contributed by atoms with Gasteiger partial charge in [0, 0.05) is 39.3 Å². The van der Waals surface area contributed by atoms with Crippen molar-refractivity contribution >= 4 is 47.2 Å². The summed E-state index contributed by atoms with van der Waals surface area (Å²) in [6.45, 7) is 9.85. The maximum Gasteiger partial charge on any atom is 0.261 e. The van der Waals surface area contributed by atoms with Crippen LogP contribution in [0, 0.1) is 0 Å². The molecule has 0 radical (unpaired) electrons. The highest BCUT2D eigenvalue weighted by molar-refractivity contribution is 14.0. The summed E-state index contributed by atoms with van der Waals surface area (Å²) >= 11 is 1.44. The third-order valence-electron chi connectivity index (χ3n) is 4.27. The van der Waals surface area contributed by atoms with E-state index in [1.165, 1.54) is 11.3 Å². The molecule has 0 saturated carbocycles. The lowest BCUT2D eigenvalue weighted by Crippen LogP contribution is -2.48. The van der Waals surface area contributed by atoms with E-state index in [9.17, 15) is 9.90 Å². The van der Waals surface area contributed by atoms with Crippen molar-refractivity contribution in [3.8, 4) is 0 Å². The van der Waals surface area contributed by atoms with E-state index < -0.39 is 5.60 Å². The van der Waals surface area contributed by atoms with Crippen molar-refractivity contribution in [1.82, 2.24) is 20.9 Å². The highest BCUT2D eigenvalue weighted by atomic mass is 127.